The Morgan fingerprint density at radius 2 is 1.96 bits per heavy atom. The minimum absolute atomic E-state index is 0.0185. The molecule has 0 fully saturated rings. The van der Waals surface area contributed by atoms with E-state index in [1.165, 1.54) is 12.3 Å². The number of anilines is 3. The second kappa shape index (κ2) is 5.92. The van der Waals surface area contributed by atoms with Crippen molar-refractivity contribution in [3.8, 4) is 0 Å². The third-order valence-corrected chi connectivity index (χ3v) is 3.50. The van der Waals surface area contributed by atoms with E-state index >= 15 is 0 Å². The lowest BCUT2D eigenvalue weighted by atomic mass is 10.1. The second-order valence-corrected chi connectivity index (χ2v) is 5.32. The number of fused-ring (bicyclic) bond motifs is 1. The number of carboxylic acids is 1. The maximum atomic E-state index is 10.9. The highest BCUT2D eigenvalue weighted by atomic mass is 16.4. The summed E-state index contributed by atoms with van der Waals surface area (Å²) in [6.07, 6.45) is 3.24. The third-order valence-electron chi connectivity index (χ3n) is 3.50. The molecule has 6 heteroatoms. The Bertz CT molecular complexity index is 860. The highest BCUT2D eigenvalue weighted by molar-refractivity contribution is 5.95. The fourth-order valence-electron chi connectivity index (χ4n) is 2.27. The number of carboxylic acid groups (broad SMARTS) is 1. The average Bonchev–Trinajstić information content (AvgIpc) is 2.55. The van der Waals surface area contributed by atoms with Crippen molar-refractivity contribution >= 4 is 33.9 Å². The van der Waals surface area contributed by atoms with Crippen LogP contribution in [-0.4, -0.2) is 35.1 Å². The van der Waals surface area contributed by atoms with Crippen LogP contribution in [0.4, 0.5) is 17.1 Å². The molecule has 0 saturated heterocycles. The normalized spacial score (nSPS) is 10.5. The van der Waals surface area contributed by atoms with Gasteiger partial charge in [-0.1, -0.05) is 0 Å². The number of benzene rings is 1. The Morgan fingerprint density at radius 3 is 2.61 bits per heavy atom. The van der Waals surface area contributed by atoms with Crippen LogP contribution in [0.1, 0.15) is 10.5 Å². The molecule has 0 aliphatic carbocycles. The molecule has 116 valence electrons. The summed E-state index contributed by atoms with van der Waals surface area (Å²) in [6.45, 7) is 0. The van der Waals surface area contributed by atoms with Crippen LogP contribution < -0.4 is 10.2 Å². The summed E-state index contributed by atoms with van der Waals surface area (Å²) in [7, 11) is 3.97. The molecule has 1 aromatic carbocycles. The van der Waals surface area contributed by atoms with Gasteiger partial charge >= 0.3 is 5.97 Å². The number of nitrogens with zero attached hydrogens (tertiary/aromatic N) is 3. The zero-order valence-corrected chi connectivity index (χ0v) is 12.8. The Balaban J connectivity index is 1.98. The number of rotatable bonds is 4. The topological polar surface area (TPSA) is 78.4 Å². The van der Waals surface area contributed by atoms with Crippen LogP contribution in [0, 0.1) is 0 Å². The fraction of sp³-hybridized carbons (Fsp3) is 0.118. The maximum Gasteiger partial charge on any atom is 0.354 e. The van der Waals surface area contributed by atoms with Crippen LogP contribution in [0.3, 0.4) is 0 Å². The van der Waals surface area contributed by atoms with Crippen LogP contribution in [0.25, 0.3) is 10.9 Å². The smallest absolute Gasteiger partial charge is 0.354 e. The molecular weight excluding hydrogens is 292 g/mol. The Kier molecular flexibility index (Phi) is 3.80. The first kappa shape index (κ1) is 14.8. The van der Waals surface area contributed by atoms with E-state index in [4.69, 9.17) is 5.11 Å². The van der Waals surface area contributed by atoms with Gasteiger partial charge in [-0.2, -0.15) is 0 Å². The van der Waals surface area contributed by atoms with Crippen molar-refractivity contribution in [2.24, 2.45) is 0 Å². The molecule has 0 amide bonds. The van der Waals surface area contributed by atoms with Gasteiger partial charge in [-0.05, 0) is 36.4 Å². The van der Waals surface area contributed by atoms with E-state index < -0.39 is 5.97 Å². The summed E-state index contributed by atoms with van der Waals surface area (Å²) in [5.74, 6) is -1.04. The summed E-state index contributed by atoms with van der Waals surface area (Å²) in [5, 5.41) is 13.1. The highest BCUT2D eigenvalue weighted by Gasteiger charge is 2.07. The van der Waals surface area contributed by atoms with Crippen LogP contribution in [0.5, 0.6) is 0 Å². The van der Waals surface area contributed by atoms with Crippen molar-refractivity contribution in [1.82, 2.24) is 9.97 Å². The monoisotopic (exact) mass is 308 g/mol. The van der Waals surface area contributed by atoms with E-state index in [0.717, 1.165) is 28.0 Å². The fourth-order valence-corrected chi connectivity index (χ4v) is 2.27. The molecule has 0 aliphatic heterocycles. The van der Waals surface area contributed by atoms with E-state index in [-0.39, 0.29) is 5.69 Å². The Hall–Kier alpha value is -3.15. The second-order valence-electron chi connectivity index (χ2n) is 5.32. The van der Waals surface area contributed by atoms with Gasteiger partial charge in [-0.15, -0.1) is 0 Å². The van der Waals surface area contributed by atoms with Crippen LogP contribution in [0.15, 0.2) is 48.8 Å². The summed E-state index contributed by atoms with van der Waals surface area (Å²) >= 11 is 0. The van der Waals surface area contributed by atoms with Crippen LogP contribution in [0.2, 0.25) is 0 Å². The van der Waals surface area contributed by atoms with E-state index in [1.54, 1.807) is 12.3 Å². The van der Waals surface area contributed by atoms with E-state index in [1.807, 2.05) is 37.2 Å². The first-order valence-electron chi connectivity index (χ1n) is 7.07. The van der Waals surface area contributed by atoms with Crippen molar-refractivity contribution in [2.45, 2.75) is 0 Å². The molecule has 3 aromatic rings. The van der Waals surface area contributed by atoms with E-state index in [9.17, 15) is 4.79 Å². The lowest BCUT2D eigenvalue weighted by molar-refractivity contribution is 0.0690. The molecule has 0 radical (unpaired) electrons. The number of aromatic nitrogens is 2. The zero-order chi connectivity index (χ0) is 16.4. The van der Waals surface area contributed by atoms with Crippen molar-refractivity contribution in [2.75, 3.05) is 24.3 Å². The summed E-state index contributed by atoms with van der Waals surface area (Å²) in [5.41, 5.74) is 3.59. The largest absolute Gasteiger partial charge is 0.477 e. The van der Waals surface area contributed by atoms with Gasteiger partial charge in [-0.3, -0.25) is 4.98 Å². The molecule has 0 bridgehead atoms. The van der Waals surface area contributed by atoms with Crippen molar-refractivity contribution in [1.29, 1.82) is 0 Å². The maximum absolute atomic E-state index is 10.9. The summed E-state index contributed by atoms with van der Waals surface area (Å²) in [4.78, 5) is 21.2. The number of aromatic carboxylic acids is 1. The van der Waals surface area contributed by atoms with Crippen molar-refractivity contribution in [3.05, 3.63) is 54.5 Å². The highest BCUT2D eigenvalue weighted by Crippen LogP contribution is 2.28. The van der Waals surface area contributed by atoms with E-state index in [2.05, 4.69) is 21.4 Å². The molecule has 0 atom stereocenters. The summed E-state index contributed by atoms with van der Waals surface area (Å²) in [6, 6.07) is 11.1. The zero-order valence-electron chi connectivity index (χ0n) is 12.8. The van der Waals surface area contributed by atoms with E-state index in [0.29, 0.717) is 0 Å². The van der Waals surface area contributed by atoms with Gasteiger partial charge in [0.15, 0.2) is 0 Å². The number of hydrogen-bond acceptors (Lipinski definition) is 5. The first-order valence-corrected chi connectivity index (χ1v) is 7.07. The molecule has 2 N–H and O–H groups in total. The van der Waals surface area contributed by atoms with Gasteiger partial charge in [-0.25, -0.2) is 9.78 Å². The Morgan fingerprint density at radius 1 is 1.13 bits per heavy atom. The van der Waals surface area contributed by atoms with Gasteiger partial charge < -0.3 is 15.3 Å². The minimum atomic E-state index is -1.04. The van der Waals surface area contributed by atoms with Crippen molar-refractivity contribution < 1.29 is 9.90 Å². The Labute approximate surface area is 133 Å². The number of carbonyl (C=O) groups is 1. The first-order chi connectivity index (χ1) is 11.0. The average molecular weight is 308 g/mol. The third kappa shape index (κ3) is 3.06. The predicted molar refractivity (Wildman–Crippen MR) is 90.5 cm³/mol. The molecule has 0 spiro atoms. The number of pyridine rings is 2. The quantitative estimate of drug-likeness (QED) is 0.771. The molecule has 0 saturated carbocycles. The van der Waals surface area contributed by atoms with Gasteiger partial charge in [0.1, 0.15) is 5.69 Å². The molecule has 3 rings (SSSR count). The molecule has 2 heterocycles. The van der Waals surface area contributed by atoms with Gasteiger partial charge in [0.2, 0.25) is 0 Å². The van der Waals surface area contributed by atoms with Gasteiger partial charge in [0.25, 0.3) is 0 Å². The number of hydrogen-bond donors (Lipinski definition) is 2. The molecular formula is C17H16N4O2. The lowest BCUT2D eigenvalue weighted by Gasteiger charge is -2.15. The van der Waals surface area contributed by atoms with Crippen molar-refractivity contribution in [3.63, 3.8) is 0 Å². The predicted octanol–water partition coefficient (Wildman–Crippen LogP) is 3.14. The minimum Gasteiger partial charge on any atom is -0.477 e. The molecule has 6 nitrogen and oxygen atoms in total. The number of nitrogens with one attached hydrogen (secondary N) is 1. The molecule has 2 aromatic heterocycles. The van der Waals surface area contributed by atoms with Crippen LogP contribution >= 0.6 is 0 Å². The summed E-state index contributed by atoms with van der Waals surface area (Å²) < 4.78 is 0. The molecule has 0 aliphatic rings. The molecule has 0 unspecified atom stereocenters. The van der Waals surface area contributed by atoms with Gasteiger partial charge in [0, 0.05) is 37.1 Å². The SMILES string of the molecule is CN(C)c1ccc2nccc(Nc3ccc(C(=O)O)nc3)c2c1. The lowest BCUT2D eigenvalue weighted by Crippen LogP contribution is -2.08. The molecule has 23 heavy (non-hydrogen) atoms. The van der Waals surface area contributed by atoms with Gasteiger partial charge in [0.05, 0.1) is 17.4 Å². The van der Waals surface area contributed by atoms with Crippen LogP contribution in [-0.2, 0) is 0 Å². The standard InChI is InChI=1S/C17H16N4O2/c1-21(2)12-4-6-14-13(9-12)15(7-8-18-14)20-11-3-5-16(17(22)23)19-10-11/h3-10H,1-2H3,(H,18,20)(H,22,23).